The van der Waals surface area contributed by atoms with E-state index in [4.69, 9.17) is 0 Å². The number of nitrogens with zero attached hydrogens (tertiary/aromatic N) is 3. The van der Waals surface area contributed by atoms with Gasteiger partial charge in [-0.05, 0) is 154 Å². The zero-order valence-corrected chi connectivity index (χ0v) is 43.8. The van der Waals surface area contributed by atoms with Crippen LogP contribution in [-0.4, -0.2) is 20.4 Å². The second kappa shape index (κ2) is 13.4. The molecule has 3 aliphatic rings. The lowest BCUT2D eigenvalue weighted by Gasteiger charge is -2.36. The molecule has 0 radical (unpaired) electrons. The van der Waals surface area contributed by atoms with Crippen LogP contribution in [-0.2, 0) is 21.7 Å². The van der Waals surface area contributed by atoms with Crippen LogP contribution < -0.4 is 16.4 Å². The molecule has 3 aromatic heterocycles. The highest BCUT2D eigenvalue weighted by Gasteiger charge is 2.43. The van der Waals surface area contributed by atoms with Crippen molar-refractivity contribution in [2.24, 2.45) is 0 Å². The number of hydrogen-bond donors (Lipinski definition) is 0. The smallest absolute Gasteiger partial charge is 0.252 e. The van der Waals surface area contributed by atoms with Crippen LogP contribution in [0.4, 0.5) is 0 Å². The molecule has 350 valence electrons. The minimum Gasteiger partial charge on any atom is -0.310 e. The Hall–Kier alpha value is -7.30. The molecule has 4 heteroatoms. The normalized spacial score (nSPS) is 14.1. The lowest BCUT2D eigenvalue weighted by Crippen LogP contribution is -2.59. The summed E-state index contributed by atoms with van der Waals surface area (Å²) < 4.78 is 7.98. The van der Waals surface area contributed by atoms with E-state index in [1.54, 1.807) is 0 Å². The van der Waals surface area contributed by atoms with Crippen molar-refractivity contribution in [1.29, 1.82) is 0 Å². The van der Waals surface area contributed by atoms with E-state index in [1.165, 1.54) is 154 Å². The largest absolute Gasteiger partial charge is 0.310 e. The molecule has 5 heterocycles. The summed E-state index contributed by atoms with van der Waals surface area (Å²) in [5.74, 6) is 0. The Balaban J connectivity index is 1.17. The van der Waals surface area contributed by atoms with Gasteiger partial charge in [0, 0.05) is 54.7 Å². The van der Waals surface area contributed by atoms with E-state index in [0.717, 1.165) is 0 Å². The molecule has 2 aliphatic heterocycles. The first-order valence-corrected chi connectivity index (χ1v) is 26.3. The lowest BCUT2D eigenvalue weighted by molar-refractivity contribution is 0.590. The predicted octanol–water partition coefficient (Wildman–Crippen LogP) is 16.1. The second-order valence-electron chi connectivity index (χ2n) is 25.8. The third-order valence-electron chi connectivity index (χ3n) is 17.3. The van der Waals surface area contributed by atoms with Gasteiger partial charge in [-0.3, -0.25) is 0 Å². The van der Waals surface area contributed by atoms with Gasteiger partial charge in [0.15, 0.2) is 0 Å². The van der Waals surface area contributed by atoms with E-state index in [2.05, 4.69) is 242 Å². The maximum atomic E-state index is 2.68. The first kappa shape index (κ1) is 42.4. The first-order chi connectivity index (χ1) is 34.3. The summed E-state index contributed by atoms with van der Waals surface area (Å²) >= 11 is 0. The minimum absolute atomic E-state index is 0.00404. The summed E-state index contributed by atoms with van der Waals surface area (Å²) in [6.45, 7) is 28.4. The summed E-state index contributed by atoms with van der Waals surface area (Å²) in [7, 11) is 0. The Bertz CT molecular complexity index is 4300. The molecule has 0 unspecified atom stereocenters. The summed E-state index contributed by atoms with van der Waals surface area (Å²) in [5, 5.41) is 10.6. The molecule has 1 aliphatic carbocycles. The van der Waals surface area contributed by atoms with E-state index in [9.17, 15) is 0 Å². The summed E-state index contributed by atoms with van der Waals surface area (Å²) in [6, 6.07) is 57.8. The predicted molar refractivity (Wildman–Crippen MR) is 311 cm³/mol. The number of rotatable bonds is 1. The molecular formula is C68H60BN3. The van der Waals surface area contributed by atoms with Gasteiger partial charge in [0.1, 0.15) is 0 Å². The van der Waals surface area contributed by atoms with Crippen molar-refractivity contribution < 1.29 is 0 Å². The number of benzene rings is 9. The molecular weight excluding hydrogens is 870 g/mol. The van der Waals surface area contributed by atoms with Crippen LogP contribution in [0.2, 0.25) is 0 Å². The number of fused-ring (bicyclic) bond motifs is 13. The zero-order valence-electron chi connectivity index (χ0n) is 43.8. The number of aromatic nitrogens is 3. The fourth-order valence-electron chi connectivity index (χ4n) is 13.6. The minimum atomic E-state index is -0.0638. The molecule has 0 amide bonds. The van der Waals surface area contributed by atoms with E-state index < -0.39 is 0 Å². The molecule has 9 aromatic carbocycles. The van der Waals surface area contributed by atoms with Crippen LogP contribution in [0.25, 0.3) is 116 Å². The van der Waals surface area contributed by atoms with Crippen molar-refractivity contribution in [3.05, 3.63) is 168 Å². The fraction of sp³-hybridized carbons (Fsp3) is 0.235. The molecule has 72 heavy (non-hydrogen) atoms. The standard InChI is InChI=1S/C68H60BN3/c1-65(2,3)38-24-27-53-47(29-38)49-31-40(67(7,8)9)33-51-63(49)71(53)57-35-42(70-55-22-16-21-46-44-19-14-13-18-43(44)45-20-15-17-37-23-26-56(70)61(59(37)45)60(46)55)36-58-62(57)69(51)52-34-41(68(10,11)12)32-50-48-30-39(66(4,5)6)25-28-54(48)72(58)64(50)52/h13-36H,1-12H3. The first-order valence-electron chi connectivity index (χ1n) is 26.3. The third kappa shape index (κ3) is 5.38. The Labute approximate surface area is 422 Å². The zero-order chi connectivity index (χ0) is 49.4. The molecule has 0 spiro atoms. The van der Waals surface area contributed by atoms with Gasteiger partial charge in [0.2, 0.25) is 0 Å². The molecule has 0 atom stereocenters. The monoisotopic (exact) mass is 929 g/mol. The van der Waals surface area contributed by atoms with Crippen LogP contribution in [0.15, 0.2) is 146 Å². The highest BCUT2D eigenvalue weighted by molar-refractivity contribution is 7.00. The van der Waals surface area contributed by atoms with Crippen LogP contribution >= 0.6 is 0 Å². The second-order valence-corrected chi connectivity index (χ2v) is 25.8. The highest BCUT2D eigenvalue weighted by Crippen LogP contribution is 2.51. The van der Waals surface area contributed by atoms with E-state index in [-0.39, 0.29) is 28.4 Å². The van der Waals surface area contributed by atoms with Gasteiger partial charge in [0.05, 0.1) is 27.8 Å². The molecule has 15 rings (SSSR count). The van der Waals surface area contributed by atoms with Gasteiger partial charge in [-0.25, -0.2) is 0 Å². The van der Waals surface area contributed by atoms with Crippen molar-refractivity contribution in [1.82, 2.24) is 13.7 Å². The molecule has 3 nitrogen and oxygen atoms in total. The molecule has 0 bridgehead atoms. The van der Waals surface area contributed by atoms with Crippen molar-refractivity contribution in [3.63, 3.8) is 0 Å². The summed E-state index contributed by atoms with van der Waals surface area (Å²) in [5.41, 5.74) is 26.1. The average Bonchev–Trinajstić information content (AvgIpc) is 3.95. The van der Waals surface area contributed by atoms with Crippen LogP contribution in [0.3, 0.4) is 0 Å². The molecule has 0 fully saturated rings. The topological polar surface area (TPSA) is 14.8 Å². The Morgan fingerprint density at radius 2 is 0.778 bits per heavy atom. The van der Waals surface area contributed by atoms with E-state index in [1.807, 2.05) is 0 Å². The van der Waals surface area contributed by atoms with E-state index >= 15 is 0 Å². The Morgan fingerprint density at radius 3 is 1.29 bits per heavy atom. The van der Waals surface area contributed by atoms with Crippen molar-refractivity contribution in [2.75, 3.05) is 0 Å². The summed E-state index contributed by atoms with van der Waals surface area (Å²) in [6.07, 6.45) is 0. The SMILES string of the molecule is CC(C)(C)c1ccc2c(c1)c1cc(C(C)(C)C)cc3c1n2-c1cc(-n2c4cccc5c4c4c6c(cccc6ccc42)-c2ccccc2-5)cc2c1B3c1cc(C(C)(C)C)cc3c4cc(C(C)(C)C)ccc4n-2c13. The average molecular weight is 930 g/mol. The van der Waals surface area contributed by atoms with Crippen molar-refractivity contribution in [2.45, 2.75) is 105 Å². The Kier molecular flexibility index (Phi) is 7.89. The molecule has 0 saturated heterocycles. The van der Waals surface area contributed by atoms with Gasteiger partial charge in [-0.15, -0.1) is 0 Å². The quantitative estimate of drug-likeness (QED) is 0.146. The van der Waals surface area contributed by atoms with Crippen LogP contribution in [0, 0.1) is 0 Å². The number of hydrogen-bond acceptors (Lipinski definition) is 0. The Morgan fingerprint density at radius 1 is 0.333 bits per heavy atom. The van der Waals surface area contributed by atoms with Crippen LogP contribution in [0.1, 0.15) is 105 Å². The van der Waals surface area contributed by atoms with Gasteiger partial charge in [-0.1, -0.05) is 168 Å². The van der Waals surface area contributed by atoms with Crippen molar-refractivity contribution >= 4 is 99.3 Å². The maximum Gasteiger partial charge on any atom is 0.252 e. The van der Waals surface area contributed by atoms with Gasteiger partial charge < -0.3 is 13.7 Å². The summed E-state index contributed by atoms with van der Waals surface area (Å²) in [4.78, 5) is 0. The third-order valence-corrected chi connectivity index (χ3v) is 17.3. The van der Waals surface area contributed by atoms with Crippen LogP contribution in [0.5, 0.6) is 0 Å². The van der Waals surface area contributed by atoms with Crippen molar-refractivity contribution in [3.8, 4) is 39.3 Å². The van der Waals surface area contributed by atoms with Gasteiger partial charge in [-0.2, -0.15) is 0 Å². The lowest BCUT2D eigenvalue weighted by atomic mass is 9.34. The molecule has 12 aromatic rings. The maximum absolute atomic E-state index is 2.68. The van der Waals surface area contributed by atoms with Gasteiger partial charge >= 0.3 is 0 Å². The van der Waals surface area contributed by atoms with E-state index in [0.29, 0.717) is 0 Å². The fourth-order valence-corrected chi connectivity index (χ4v) is 13.6. The highest BCUT2D eigenvalue weighted by atomic mass is 15.1. The van der Waals surface area contributed by atoms with Gasteiger partial charge in [0.25, 0.3) is 6.71 Å². The molecule has 0 N–H and O–H groups in total. The molecule has 0 saturated carbocycles.